The summed E-state index contributed by atoms with van der Waals surface area (Å²) in [5.41, 5.74) is 4.51. The molecule has 1 saturated carbocycles. The number of nitrogens with zero attached hydrogens (tertiary/aromatic N) is 5. The molecule has 1 amide bonds. The molecule has 1 saturated heterocycles. The van der Waals surface area contributed by atoms with Crippen molar-refractivity contribution in [2.75, 3.05) is 45.2 Å². The monoisotopic (exact) mass is 513 g/mol. The van der Waals surface area contributed by atoms with Crippen LogP contribution in [0.3, 0.4) is 0 Å². The van der Waals surface area contributed by atoms with Gasteiger partial charge in [-0.15, -0.1) is 0 Å². The standard InChI is InChI=1S/C31H39N5O2/c1-5-8-29(38)36-16-15-35(21-22(36)2)31-26(20-32)19-28(30(33-31)24-12-13-24)25-10-6-9-23(17-25)18-27(37)11-7-14-34(3)4/h6-7,9-11,17,19,22,24H,5,8,12-16,18,21H2,1-4H3/b11-7+/t22-/m1/s1. The van der Waals surface area contributed by atoms with Crippen LogP contribution in [0.5, 0.6) is 0 Å². The quantitative estimate of drug-likeness (QED) is 0.433. The van der Waals surface area contributed by atoms with Gasteiger partial charge in [-0.2, -0.15) is 5.26 Å². The number of hydrogen-bond acceptors (Lipinski definition) is 6. The molecule has 2 heterocycles. The molecule has 0 spiro atoms. The summed E-state index contributed by atoms with van der Waals surface area (Å²) >= 11 is 0. The molecule has 0 unspecified atom stereocenters. The number of benzene rings is 1. The number of nitriles is 1. The molecular weight excluding hydrogens is 474 g/mol. The van der Waals surface area contributed by atoms with Crippen molar-refractivity contribution < 1.29 is 9.59 Å². The molecule has 0 N–H and O–H groups in total. The molecule has 0 radical (unpaired) electrons. The minimum Gasteiger partial charge on any atom is -0.352 e. The summed E-state index contributed by atoms with van der Waals surface area (Å²) < 4.78 is 0. The van der Waals surface area contributed by atoms with Gasteiger partial charge in [-0.1, -0.05) is 37.3 Å². The van der Waals surface area contributed by atoms with E-state index in [0.29, 0.717) is 44.0 Å². The molecule has 1 aliphatic carbocycles. The number of allylic oxidation sites excluding steroid dienone is 1. The highest BCUT2D eigenvalue weighted by Crippen LogP contribution is 2.45. The summed E-state index contributed by atoms with van der Waals surface area (Å²) in [6, 6.07) is 12.5. The van der Waals surface area contributed by atoms with Gasteiger partial charge in [0.1, 0.15) is 11.9 Å². The van der Waals surface area contributed by atoms with Crippen molar-refractivity contribution in [2.45, 2.75) is 57.9 Å². The molecule has 1 aromatic carbocycles. The van der Waals surface area contributed by atoms with Crippen molar-refractivity contribution in [2.24, 2.45) is 0 Å². The first kappa shape index (κ1) is 27.5. The number of amides is 1. The molecule has 2 fully saturated rings. The van der Waals surface area contributed by atoms with Crippen LogP contribution in [0.1, 0.15) is 62.3 Å². The molecule has 2 aromatic rings. The molecule has 7 nitrogen and oxygen atoms in total. The molecular formula is C31H39N5O2. The van der Waals surface area contributed by atoms with E-state index in [1.807, 2.05) is 61.2 Å². The lowest BCUT2D eigenvalue weighted by atomic mass is 9.96. The average molecular weight is 514 g/mol. The summed E-state index contributed by atoms with van der Waals surface area (Å²) in [5, 5.41) is 10.1. The smallest absolute Gasteiger partial charge is 0.222 e. The van der Waals surface area contributed by atoms with Crippen molar-refractivity contribution in [1.82, 2.24) is 14.8 Å². The molecule has 1 atom stereocenters. The molecule has 38 heavy (non-hydrogen) atoms. The first-order valence-corrected chi connectivity index (χ1v) is 13.7. The predicted molar refractivity (Wildman–Crippen MR) is 151 cm³/mol. The Balaban J connectivity index is 1.59. The van der Waals surface area contributed by atoms with E-state index in [1.54, 1.807) is 6.08 Å². The molecule has 1 aromatic heterocycles. The van der Waals surface area contributed by atoms with Crippen LogP contribution in [0.4, 0.5) is 5.82 Å². The van der Waals surface area contributed by atoms with E-state index < -0.39 is 0 Å². The molecule has 200 valence electrons. The molecule has 7 heteroatoms. The zero-order chi connectivity index (χ0) is 27.2. The number of piperazine rings is 1. The Labute approximate surface area is 226 Å². The first-order chi connectivity index (χ1) is 18.3. The largest absolute Gasteiger partial charge is 0.352 e. The summed E-state index contributed by atoms with van der Waals surface area (Å²) in [4.78, 5) is 36.3. The zero-order valence-corrected chi connectivity index (χ0v) is 23.1. The first-order valence-electron chi connectivity index (χ1n) is 13.7. The van der Waals surface area contributed by atoms with Gasteiger partial charge in [0.05, 0.1) is 11.3 Å². The van der Waals surface area contributed by atoms with E-state index in [9.17, 15) is 14.9 Å². The maximum Gasteiger partial charge on any atom is 0.222 e. The fourth-order valence-corrected chi connectivity index (χ4v) is 5.12. The Bertz CT molecular complexity index is 1240. The van der Waals surface area contributed by atoms with Crippen molar-refractivity contribution in [3.05, 3.63) is 59.3 Å². The van der Waals surface area contributed by atoms with Crippen LogP contribution in [0.2, 0.25) is 0 Å². The van der Waals surface area contributed by atoms with Crippen LogP contribution in [-0.4, -0.2) is 72.8 Å². The number of pyridine rings is 1. The van der Waals surface area contributed by atoms with E-state index in [4.69, 9.17) is 4.98 Å². The van der Waals surface area contributed by atoms with Gasteiger partial charge in [-0.3, -0.25) is 9.59 Å². The van der Waals surface area contributed by atoms with Gasteiger partial charge in [0.25, 0.3) is 0 Å². The lowest BCUT2D eigenvalue weighted by molar-refractivity contribution is -0.133. The van der Waals surface area contributed by atoms with Gasteiger partial charge in [-0.05, 0) is 63.6 Å². The van der Waals surface area contributed by atoms with Gasteiger partial charge >= 0.3 is 0 Å². The van der Waals surface area contributed by atoms with Gasteiger partial charge in [0.15, 0.2) is 5.78 Å². The number of anilines is 1. The van der Waals surface area contributed by atoms with Crippen LogP contribution in [-0.2, 0) is 16.0 Å². The zero-order valence-electron chi connectivity index (χ0n) is 23.1. The third-order valence-electron chi connectivity index (χ3n) is 7.22. The predicted octanol–water partition coefficient (Wildman–Crippen LogP) is 4.56. The van der Waals surface area contributed by atoms with E-state index in [1.165, 1.54) is 0 Å². The highest BCUT2D eigenvalue weighted by molar-refractivity contribution is 5.91. The highest BCUT2D eigenvalue weighted by Gasteiger charge is 2.33. The number of rotatable bonds is 10. The number of likely N-dealkylation sites (N-methyl/N-ethyl adjacent to an activating group) is 1. The summed E-state index contributed by atoms with van der Waals surface area (Å²) in [6.45, 7) is 6.81. The fourth-order valence-electron chi connectivity index (χ4n) is 5.12. The fraction of sp³-hybridized carbons (Fsp3) is 0.484. The summed E-state index contributed by atoms with van der Waals surface area (Å²) in [5.74, 6) is 1.39. The Morgan fingerprint density at radius 1 is 1.21 bits per heavy atom. The second kappa shape index (κ2) is 12.4. The molecule has 1 aliphatic heterocycles. The maximum absolute atomic E-state index is 12.5. The second-order valence-corrected chi connectivity index (χ2v) is 10.8. The Kier molecular flexibility index (Phi) is 8.96. The van der Waals surface area contributed by atoms with Crippen molar-refractivity contribution >= 4 is 17.5 Å². The summed E-state index contributed by atoms with van der Waals surface area (Å²) in [7, 11) is 3.94. The number of ketones is 1. The van der Waals surface area contributed by atoms with Crippen molar-refractivity contribution in [3.8, 4) is 17.2 Å². The third-order valence-corrected chi connectivity index (χ3v) is 7.22. The van der Waals surface area contributed by atoms with E-state index >= 15 is 0 Å². The van der Waals surface area contributed by atoms with Crippen LogP contribution in [0.15, 0.2) is 42.5 Å². The Morgan fingerprint density at radius 3 is 2.66 bits per heavy atom. The molecule has 0 bridgehead atoms. The van der Waals surface area contributed by atoms with Gasteiger partial charge in [0.2, 0.25) is 5.91 Å². The third kappa shape index (κ3) is 6.68. The number of aromatic nitrogens is 1. The molecule has 4 rings (SSSR count). The minimum absolute atomic E-state index is 0.0705. The van der Waals surface area contributed by atoms with Crippen LogP contribution in [0, 0.1) is 11.3 Å². The van der Waals surface area contributed by atoms with E-state index in [0.717, 1.165) is 54.0 Å². The van der Waals surface area contributed by atoms with E-state index in [2.05, 4.69) is 24.0 Å². The van der Waals surface area contributed by atoms with E-state index in [-0.39, 0.29) is 17.7 Å². The Hall–Kier alpha value is -3.50. The van der Waals surface area contributed by atoms with Crippen molar-refractivity contribution in [3.63, 3.8) is 0 Å². The lowest BCUT2D eigenvalue weighted by Gasteiger charge is -2.41. The van der Waals surface area contributed by atoms with Gasteiger partial charge in [-0.25, -0.2) is 4.98 Å². The highest BCUT2D eigenvalue weighted by atomic mass is 16.2. The topological polar surface area (TPSA) is 80.5 Å². The number of hydrogen-bond donors (Lipinski definition) is 0. The van der Waals surface area contributed by atoms with Crippen LogP contribution in [0.25, 0.3) is 11.1 Å². The molecule has 2 aliphatic rings. The minimum atomic E-state index is 0.0705. The van der Waals surface area contributed by atoms with Crippen molar-refractivity contribution in [1.29, 1.82) is 5.26 Å². The van der Waals surface area contributed by atoms with Crippen LogP contribution >= 0.6 is 0 Å². The normalized spacial score (nSPS) is 17.7. The van der Waals surface area contributed by atoms with Gasteiger partial charge in [0, 0.05) is 56.5 Å². The lowest BCUT2D eigenvalue weighted by Crippen LogP contribution is -2.54. The maximum atomic E-state index is 12.5. The average Bonchev–Trinajstić information content (AvgIpc) is 3.73. The number of carbonyl (C=O) groups is 2. The number of carbonyl (C=O) groups excluding carboxylic acids is 2. The summed E-state index contributed by atoms with van der Waals surface area (Å²) in [6.07, 6.45) is 7.49. The SMILES string of the molecule is CCCC(=O)N1CCN(c2nc(C3CC3)c(-c3cccc(CC(=O)/C=C/CN(C)C)c3)cc2C#N)C[C@H]1C. The Morgan fingerprint density at radius 2 is 2.00 bits per heavy atom. The van der Waals surface area contributed by atoms with Gasteiger partial charge < -0.3 is 14.7 Å². The van der Waals surface area contributed by atoms with Crippen LogP contribution < -0.4 is 4.90 Å². The second-order valence-electron chi connectivity index (χ2n) is 10.8.